The maximum Gasteiger partial charge on any atom is 0.0928 e. The highest BCUT2D eigenvalue weighted by Crippen LogP contribution is 2.38. The van der Waals surface area contributed by atoms with Crippen molar-refractivity contribution in [2.75, 3.05) is 13.2 Å². The van der Waals surface area contributed by atoms with Crippen molar-refractivity contribution < 1.29 is 9.47 Å². The predicted molar refractivity (Wildman–Crippen MR) is 82.9 cm³/mol. The standard InChI is InChI=1S/C16H30O2S/c1-3-5-7-9-15(13-11-17-13)19-16(14-12-18-14)10-8-6-4-2/h13-16H,3-12H2,1-2H3. The summed E-state index contributed by atoms with van der Waals surface area (Å²) < 4.78 is 11.1. The van der Waals surface area contributed by atoms with Gasteiger partial charge < -0.3 is 9.47 Å². The van der Waals surface area contributed by atoms with Crippen molar-refractivity contribution in [3.05, 3.63) is 0 Å². The van der Waals surface area contributed by atoms with Crippen LogP contribution in [0.5, 0.6) is 0 Å². The van der Waals surface area contributed by atoms with E-state index < -0.39 is 0 Å². The van der Waals surface area contributed by atoms with Crippen LogP contribution in [0.1, 0.15) is 65.2 Å². The molecule has 0 bridgehead atoms. The fraction of sp³-hybridized carbons (Fsp3) is 1.00. The van der Waals surface area contributed by atoms with Crippen LogP contribution in [0.25, 0.3) is 0 Å². The number of thioether (sulfide) groups is 1. The van der Waals surface area contributed by atoms with E-state index in [9.17, 15) is 0 Å². The second kappa shape index (κ2) is 8.53. The van der Waals surface area contributed by atoms with Gasteiger partial charge in [0.2, 0.25) is 0 Å². The van der Waals surface area contributed by atoms with E-state index in [1.54, 1.807) is 0 Å². The Morgan fingerprint density at radius 2 is 1.26 bits per heavy atom. The van der Waals surface area contributed by atoms with E-state index in [1.165, 1.54) is 51.4 Å². The molecule has 0 spiro atoms. The molecule has 2 rings (SSSR count). The fourth-order valence-electron chi connectivity index (χ4n) is 2.64. The SMILES string of the molecule is CCCCCC(SC(CCCCC)C1CO1)C1CO1. The number of epoxide rings is 2. The highest BCUT2D eigenvalue weighted by molar-refractivity contribution is 8.00. The summed E-state index contributed by atoms with van der Waals surface area (Å²) >= 11 is 2.18. The molecule has 0 N–H and O–H groups in total. The minimum absolute atomic E-state index is 0.550. The first-order valence-corrected chi connectivity index (χ1v) is 9.18. The first-order valence-electron chi connectivity index (χ1n) is 8.23. The van der Waals surface area contributed by atoms with Gasteiger partial charge in [0.25, 0.3) is 0 Å². The molecule has 2 nitrogen and oxygen atoms in total. The minimum Gasteiger partial charge on any atom is -0.372 e. The average Bonchev–Trinajstić information content (AvgIpc) is 3.29. The van der Waals surface area contributed by atoms with Crippen LogP contribution in [-0.2, 0) is 9.47 Å². The van der Waals surface area contributed by atoms with Crippen molar-refractivity contribution >= 4 is 11.8 Å². The Morgan fingerprint density at radius 3 is 1.58 bits per heavy atom. The molecule has 4 atom stereocenters. The summed E-state index contributed by atoms with van der Waals surface area (Å²) in [4.78, 5) is 0. The minimum atomic E-state index is 0.550. The molecule has 0 aliphatic carbocycles. The van der Waals surface area contributed by atoms with Gasteiger partial charge in [-0.05, 0) is 12.8 Å². The predicted octanol–water partition coefficient (Wildman–Crippen LogP) is 4.42. The van der Waals surface area contributed by atoms with Gasteiger partial charge in [0.1, 0.15) is 0 Å². The van der Waals surface area contributed by atoms with Crippen molar-refractivity contribution in [1.82, 2.24) is 0 Å². The lowest BCUT2D eigenvalue weighted by Crippen LogP contribution is -2.20. The summed E-state index contributed by atoms with van der Waals surface area (Å²) in [5.41, 5.74) is 0. The first-order chi connectivity index (χ1) is 9.35. The molecule has 0 amide bonds. The van der Waals surface area contributed by atoms with E-state index >= 15 is 0 Å². The smallest absolute Gasteiger partial charge is 0.0928 e. The quantitative estimate of drug-likeness (QED) is 0.392. The van der Waals surface area contributed by atoms with E-state index in [0.717, 1.165) is 23.7 Å². The number of rotatable bonds is 12. The number of hydrogen-bond acceptors (Lipinski definition) is 3. The van der Waals surface area contributed by atoms with Crippen LogP contribution in [0.3, 0.4) is 0 Å². The third kappa shape index (κ3) is 6.05. The molecular weight excluding hydrogens is 256 g/mol. The maximum absolute atomic E-state index is 5.57. The van der Waals surface area contributed by atoms with Gasteiger partial charge in [0, 0.05) is 10.5 Å². The van der Waals surface area contributed by atoms with Gasteiger partial charge in [0.15, 0.2) is 0 Å². The number of unbranched alkanes of at least 4 members (excludes halogenated alkanes) is 4. The van der Waals surface area contributed by atoms with Gasteiger partial charge in [0.05, 0.1) is 25.4 Å². The van der Waals surface area contributed by atoms with E-state index in [0.29, 0.717) is 12.2 Å². The molecule has 2 aliphatic heterocycles. The van der Waals surface area contributed by atoms with E-state index in [1.807, 2.05) is 0 Å². The molecule has 112 valence electrons. The molecule has 2 fully saturated rings. The van der Waals surface area contributed by atoms with Crippen LogP contribution in [0.4, 0.5) is 0 Å². The molecule has 2 heterocycles. The van der Waals surface area contributed by atoms with Crippen molar-refractivity contribution in [2.24, 2.45) is 0 Å². The van der Waals surface area contributed by atoms with Crippen LogP contribution >= 0.6 is 11.8 Å². The Kier molecular flexibility index (Phi) is 7.03. The zero-order valence-corrected chi connectivity index (χ0v) is 13.4. The Bertz CT molecular complexity index is 215. The van der Waals surface area contributed by atoms with Gasteiger partial charge in [-0.25, -0.2) is 0 Å². The molecular formula is C16H30O2S. The van der Waals surface area contributed by atoms with E-state index in [4.69, 9.17) is 9.47 Å². The summed E-state index contributed by atoms with van der Waals surface area (Å²) in [6, 6.07) is 0. The van der Waals surface area contributed by atoms with E-state index in [-0.39, 0.29) is 0 Å². The molecule has 2 aliphatic rings. The zero-order valence-electron chi connectivity index (χ0n) is 12.6. The summed E-state index contributed by atoms with van der Waals surface area (Å²) in [7, 11) is 0. The molecule has 2 saturated heterocycles. The van der Waals surface area contributed by atoms with Crippen molar-refractivity contribution in [2.45, 2.75) is 87.9 Å². The van der Waals surface area contributed by atoms with Gasteiger partial charge in [-0.1, -0.05) is 52.4 Å². The molecule has 0 aromatic heterocycles. The van der Waals surface area contributed by atoms with Gasteiger partial charge in [-0.3, -0.25) is 0 Å². The van der Waals surface area contributed by atoms with Crippen molar-refractivity contribution in [1.29, 1.82) is 0 Å². The Morgan fingerprint density at radius 1 is 0.842 bits per heavy atom. The second-order valence-electron chi connectivity index (χ2n) is 5.95. The molecule has 3 heteroatoms. The average molecular weight is 286 g/mol. The zero-order chi connectivity index (χ0) is 13.5. The van der Waals surface area contributed by atoms with Gasteiger partial charge in [-0.2, -0.15) is 0 Å². The summed E-state index contributed by atoms with van der Waals surface area (Å²) in [5, 5.41) is 1.45. The monoisotopic (exact) mass is 286 g/mol. The maximum atomic E-state index is 5.57. The fourth-order valence-corrected chi connectivity index (χ4v) is 4.36. The Labute approximate surface area is 123 Å². The first kappa shape index (κ1) is 15.7. The van der Waals surface area contributed by atoms with Gasteiger partial charge >= 0.3 is 0 Å². The van der Waals surface area contributed by atoms with Crippen LogP contribution in [0, 0.1) is 0 Å². The normalized spacial score (nSPS) is 28.1. The lowest BCUT2D eigenvalue weighted by atomic mass is 10.1. The van der Waals surface area contributed by atoms with Crippen molar-refractivity contribution in [3.8, 4) is 0 Å². The summed E-state index contributed by atoms with van der Waals surface area (Å²) in [6.45, 7) is 6.55. The van der Waals surface area contributed by atoms with Gasteiger partial charge in [-0.15, -0.1) is 11.8 Å². The molecule has 0 aromatic rings. The molecule has 0 radical (unpaired) electrons. The van der Waals surface area contributed by atoms with Crippen LogP contribution in [0.15, 0.2) is 0 Å². The topological polar surface area (TPSA) is 25.1 Å². The largest absolute Gasteiger partial charge is 0.372 e. The Balaban J connectivity index is 1.72. The highest BCUT2D eigenvalue weighted by atomic mass is 32.2. The van der Waals surface area contributed by atoms with Crippen molar-refractivity contribution in [3.63, 3.8) is 0 Å². The molecule has 0 saturated carbocycles. The second-order valence-corrected chi connectivity index (χ2v) is 7.43. The highest BCUT2D eigenvalue weighted by Gasteiger charge is 2.39. The molecule has 19 heavy (non-hydrogen) atoms. The summed E-state index contributed by atoms with van der Waals surface area (Å²) in [5.74, 6) is 0. The number of hydrogen-bond donors (Lipinski definition) is 0. The van der Waals surface area contributed by atoms with Crippen LogP contribution in [0.2, 0.25) is 0 Å². The van der Waals surface area contributed by atoms with Crippen LogP contribution < -0.4 is 0 Å². The number of ether oxygens (including phenoxy) is 2. The van der Waals surface area contributed by atoms with E-state index in [2.05, 4.69) is 25.6 Å². The lowest BCUT2D eigenvalue weighted by molar-refractivity contribution is 0.384. The molecule has 4 unspecified atom stereocenters. The third-order valence-corrected chi connectivity index (χ3v) is 5.86. The lowest BCUT2D eigenvalue weighted by Gasteiger charge is -2.21. The Hall–Kier alpha value is 0.270. The molecule has 0 aromatic carbocycles. The van der Waals surface area contributed by atoms with Crippen LogP contribution in [-0.4, -0.2) is 35.9 Å². The third-order valence-electron chi connectivity index (χ3n) is 4.08. The summed E-state index contributed by atoms with van der Waals surface area (Å²) in [6.07, 6.45) is 11.9.